The van der Waals surface area contributed by atoms with E-state index in [9.17, 15) is 13.6 Å². The van der Waals surface area contributed by atoms with Gasteiger partial charge in [-0.25, -0.2) is 13.8 Å². The van der Waals surface area contributed by atoms with Crippen molar-refractivity contribution in [3.8, 4) is 0 Å². The molecule has 0 aliphatic rings. The van der Waals surface area contributed by atoms with Gasteiger partial charge in [0.1, 0.15) is 17.3 Å². The second-order valence-electron chi connectivity index (χ2n) is 3.64. The molecule has 19 heavy (non-hydrogen) atoms. The number of anilines is 2. The topological polar surface area (TPSA) is 68.0 Å². The van der Waals surface area contributed by atoms with Crippen LogP contribution in [0.25, 0.3) is 0 Å². The second-order valence-corrected chi connectivity index (χ2v) is 4.50. The molecular weight excluding hydrogens is 320 g/mol. The van der Waals surface area contributed by atoms with Gasteiger partial charge in [-0.05, 0) is 34.1 Å². The Hall–Kier alpha value is -2.02. The quantitative estimate of drug-likeness (QED) is 0.833. The SMILES string of the molecule is Nc1cc(NC(=O)c2ncccc2Br)c(F)cc1F. The van der Waals surface area contributed by atoms with Crippen LogP contribution in [0, 0.1) is 11.6 Å². The highest BCUT2D eigenvalue weighted by Crippen LogP contribution is 2.22. The Kier molecular flexibility index (Phi) is 3.75. The highest BCUT2D eigenvalue weighted by atomic mass is 79.9. The van der Waals surface area contributed by atoms with Gasteiger partial charge in [0.2, 0.25) is 0 Å². The molecule has 1 aromatic carbocycles. The maximum absolute atomic E-state index is 13.5. The van der Waals surface area contributed by atoms with Gasteiger partial charge in [-0.3, -0.25) is 4.79 Å². The molecule has 0 unspecified atom stereocenters. The molecule has 0 aliphatic carbocycles. The number of aromatic nitrogens is 1. The zero-order chi connectivity index (χ0) is 14.0. The first-order valence-electron chi connectivity index (χ1n) is 5.15. The smallest absolute Gasteiger partial charge is 0.275 e. The third-order valence-corrected chi connectivity index (χ3v) is 2.95. The summed E-state index contributed by atoms with van der Waals surface area (Å²) in [6.45, 7) is 0. The first kappa shape index (κ1) is 13.4. The molecule has 1 amide bonds. The van der Waals surface area contributed by atoms with Crippen LogP contribution in [0.15, 0.2) is 34.9 Å². The van der Waals surface area contributed by atoms with Crippen LogP contribution in [0.5, 0.6) is 0 Å². The van der Waals surface area contributed by atoms with Gasteiger partial charge in [-0.1, -0.05) is 0 Å². The molecule has 1 heterocycles. The summed E-state index contributed by atoms with van der Waals surface area (Å²) in [5.74, 6) is -2.42. The van der Waals surface area contributed by atoms with Crippen LogP contribution in [0.4, 0.5) is 20.2 Å². The minimum atomic E-state index is -0.910. The number of nitrogens with one attached hydrogen (secondary N) is 1. The zero-order valence-electron chi connectivity index (χ0n) is 9.45. The Balaban J connectivity index is 2.30. The number of nitrogens with two attached hydrogens (primary N) is 1. The number of nitrogen functional groups attached to an aromatic ring is 1. The van der Waals surface area contributed by atoms with Crippen LogP contribution in [0.3, 0.4) is 0 Å². The molecule has 1 aromatic heterocycles. The number of amides is 1. The molecule has 0 radical (unpaired) electrons. The summed E-state index contributed by atoms with van der Waals surface area (Å²) in [5, 5.41) is 2.28. The number of carbonyl (C=O) groups is 1. The van der Waals surface area contributed by atoms with Crippen molar-refractivity contribution in [3.05, 3.63) is 52.3 Å². The average molecular weight is 328 g/mol. The van der Waals surface area contributed by atoms with E-state index in [4.69, 9.17) is 5.73 Å². The molecular formula is C12H8BrF2N3O. The summed E-state index contributed by atoms with van der Waals surface area (Å²) in [4.78, 5) is 15.7. The Bertz CT molecular complexity index is 649. The summed E-state index contributed by atoms with van der Waals surface area (Å²) in [6, 6.07) is 4.88. The van der Waals surface area contributed by atoms with Gasteiger partial charge >= 0.3 is 0 Å². The molecule has 0 spiro atoms. The predicted molar refractivity (Wildman–Crippen MR) is 70.7 cm³/mol. The zero-order valence-corrected chi connectivity index (χ0v) is 11.0. The van der Waals surface area contributed by atoms with Crippen LogP contribution in [-0.2, 0) is 0 Å². The first-order valence-corrected chi connectivity index (χ1v) is 5.94. The van der Waals surface area contributed by atoms with Crippen molar-refractivity contribution in [2.75, 3.05) is 11.1 Å². The van der Waals surface area contributed by atoms with Crippen molar-refractivity contribution in [2.24, 2.45) is 0 Å². The van der Waals surface area contributed by atoms with Gasteiger partial charge in [0, 0.05) is 16.7 Å². The number of nitrogens with zero attached hydrogens (tertiary/aromatic N) is 1. The normalized spacial score (nSPS) is 10.3. The number of rotatable bonds is 2. The molecule has 0 aliphatic heterocycles. The standard InChI is InChI=1S/C12H8BrF2N3O/c13-6-2-1-3-17-11(6)12(19)18-10-5-9(16)7(14)4-8(10)15/h1-5H,16H2,(H,18,19). The summed E-state index contributed by atoms with van der Waals surface area (Å²) < 4.78 is 26.9. The number of halogens is 3. The van der Waals surface area contributed by atoms with Gasteiger partial charge in [-0.2, -0.15) is 0 Å². The summed E-state index contributed by atoms with van der Waals surface area (Å²) in [6.07, 6.45) is 1.43. The largest absolute Gasteiger partial charge is 0.396 e. The van der Waals surface area contributed by atoms with Crippen LogP contribution >= 0.6 is 15.9 Å². The fourth-order valence-corrected chi connectivity index (χ4v) is 1.83. The number of hydrogen-bond donors (Lipinski definition) is 2. The van der Waals surface area contributed by atoms with Crippen LogP contribution in [-0.4, -0.2) is 10.9 Å². The van der Waals surface area contributed by atoms with Gasteiger partial charge in [0.15, 0.2) is 0 Å². The molecule has 0 fully saturated rings. The van der Waals surface area contributed by atoms with Crippen LogP contribution in [0.1, 0.15) is 10.5 Å². The van der Waals surface area contributed by atoms with E-state index in [1.807, 2.05) is 0 Å². The Morgan fingerprint density at radius 3 is 2.74 bits per heavy atom. The fraction of sp³-hybridized carbons (Fsp3) is 0. The molecule has 3 N–H and O–H groups in total. The molecule has 2 aromatic rings. The molecule has 98 valence electrons. The van der Waals surface area contributed by atoms with Crippen molar-refractivity contribution in [1.82, 2.24) is 4.98 Å². The van der Waals surface area contributed by atoms with Gasteiger partial charge in [-0.15, -0.1) is 0 Å². The van der Waals surface area contributed by atoms with Crippen molar-refractivity contribution in [1.29, 1.82) is 0 Å². The van der Waals surface area contributed by atoms with E-state index in [2.05, 4.69) is 26.2 Å². The van der Waals surface area contributed by atoms with E-state index in [-0.39, 0.29) is 17.1 Å². The monoisotopic (exact) mass is 327 g/mol. The number of hydrogen-bond acceptors (Lipinski definition) is 3. The molecule has 0 bridgehead atoms. The van der Waals surface area contributed by atoms with E-state index in [1.54, 1.807) is 12.1 Å². The lowest BCUT2D eigenvalue weighted by Crippen LogP contribution is -2.15. The Morgan fingerprint density at radius 1 is 1.32 bits per heavy atom. The number of pyridine rings is 1. The highest BCUT2D eigenvalue weighted by molar-refractivity contribution is 9.10. The molecule has 0 atom stereocenters. The maximum atomic E-state index is 13.5. The number of benzene rings is 1. The number of carbonyl (C=O) groups excluding carboxylic acids is 1. The van der Waals surface area contributed by atoms with Crippen molar-refractivity contribution in [3.63, 3.8) is 0 Å². The van der Waals surface area contributed by atoms with Crippen molar-refractivity contribution < 1.29 is 13.6 Å². The van der Waals surface area contributed by atoms with Gasteiger partial charge in [0.05, 0.1) is 11.4 Å². The maximum Gasteiger partial charge on any atom is 0.275 e. The van der Waals surface area contributed by atoms with Crippen LogP contribution < -0.4 is 11.1 Å². The molecule has 0 saturated carbocycles. The van der Waals surface area contributed by atoms with Crippen molar-refractivity contribution >= 4 is 33.2 Å². The Labute approximate surface area is 115 Å². The summed E-state index contributed by atoms with van der Waals surface area (Å²) in [5.41, 5.74) is 4.94. The van der Waals surface area contributed by atoms with E-state index in [0.717, 1.165) is 6.07 Å². The highest BCUT2D eigenvalue weighted by Gasteiger charge is 2.15. The molecule has 2 rings (SSSR count). The van der Waals surface area contributed by atoms with Crippen molar-refractivity contribution in [2.45, 2.75) is 0 Å². The predicted octanol–water partition coefficient (Wildman–Crippen LogP) is 2.96. The minimum absolute atomic E-state index is 0.0878. The third-order valence-electron chi connectivity index (χ3n) is 2.31. The summed E-state index contributed by atoms with van der Waals surface area (Å²) in [7, 11) is 0. The lowest BCUT2D eigenvalue weighted by molar-refractivity contribution is 0.102. The van der Waals surface area contributed by atoms with E-state index in [1.165, 1.54) is 6.20 Å². The van der Waals surface area contributed by atoms with E-state index in [0.29, 0.717) is 10.5 Å². The van der Waals surface area contributed by atoms with Gasteiger partial charge < -0.3 is 11.1 Å². The van der Waals surface area contributed by atoms with Gasteiger partial charge in [0.25, 0.3) is 5.91 Å². The molecule has 0 saturated heterocycles. The Morgan fingerprint density at radius 2 is 2.05 bits per heavy atom. The molecule has 7 heteroatoms. The first-order chi connectivity index (χ1) is 8.99. The summed E-state index contributed by atoms with van der Waals surface area (Å²) >= 11 is 3.15. The second kappa shape index (κ2) is 5.31. The van der Waals surface area contributed by atoms with E-state index < -0.39 is 17.5 Å². The lowest BCUT2D eigenvalue weighted by Gasteiger charge is -2.08. The minimum Gasteiger partial charge on any atom is -0.396 e. The van der Waals surface area contributed by atoms with Crippen LogP contribution in [0.2, 0.25) is 0 Å². The third kappa shape index (κ3) is 2.87. The molecule has 4 nitrogen and oxygen atoms in total. The van der Waals surface area contributed by atoms with E-state index >= 15 is 0 Å². The average Bonchev–Trinajstić information content (AvgIpc) is 2.36. The fourth-order valence-electron chi connectivity index (χ4n) is 1.40. The lowest BCUT2D eigenvalue weighted by atomic mass is 10.2.